The maximum atomic E-state index is 14.0. The van der Waals surface area contributed by atoms with Crippen molar-refractivity contribution in [3.05, 3.63) is 82.0 Å². The molecule has 1 fully saturated rings. The van der Waals surface area contributed by atoms with Crippen LogP contribution in [0.3, 0.4) is 0 Å². The van der Waals surface area contributed by atoms with E-state index in [-0.39, 0.29) is 34.7 Å². The minimum Gasteiger partial charge on any atom is -0.294 e. The minimum atomic E-state index is -0.362. The van der Waals surface area contributed by atoms with E-state index in [9.17, 15) is 14.4 Å². The van der Waals surface area contributed by atoms with Crippen LogP contribution in [-0.2, 0) is 16.0 Å². The average Bonchev–Trinajstić information content (AvgIpc) is 3.32. The van der Waals surface area contributed by atoms with E-state index in [1.54, 1.807) is 10.8 Å². The summed E-state index contributed by atoms with van der Waals surface area (Å²) in [4.78, 5) is 43.1. The van der Waals surface area contributed by atoms with Gasteiger partial charge in [-0.05, 0) is 44.4 Å². The molecule has 2 aromatic heterocycles. The summed E-state index contributed by atoms with van der Waals surface area (Å²) < 4.78 is 3.19. The Hall–Kier alpha value is -3.74. The second kappa shape index (κ2) is 9.49. The first-order valence-electron chi connectivity index (χ1n) is 12.5. The first-order valence-corrected chi connectivity index (χ1v) is 12.5. The van der Waals surface area contributed by atoms with Crippen LogP contribution in [0.15, 0.2) is 59.7 Å². The van der Waals surface area contributed by atoms with E-state index < -0.39 is 0 Å². The summed E-state index contributed by atoms with van der Waals surface area (Å²) in [5, 5.41) is 3.24. The summed E-state index contributed by atoms with van der Waals surface area (Å²) in [6.07, 6.45) is 9.71. The predicted molar refractivity (Wildman–Crippen MR) is 134 cm³/mol. The van der Waals surface area contributed by atoms with Gasteiger partial charge in [0, 0.05) is 23.4 Å². The van der Waals surface area contributed by atoms with Crippen LogP contribution in [0.25, 0.3) is 17.0 Å². The quantitative estimate of drug-likeness (QED) is 0.439. The monoisotopic (exact) mass is 471 g/mol. The van der Waals surface area contributed by atoms with Crippen LogP contribution in [0.5, 0.6) is 0 Å². The molecule has 1 aliphatic carbocycles. The van der Waals surface area contributed by atoms with Gasteiger partial charge in [-0.2, -0.15) is 4.57 Å². The highest BCUT2D eigenvalue weighted by Crippen LogP contribution is 2.35. The van der Waals surface area contributed by atoms with Crippen LogP contribution in [0.4, 0.5) is 0 Å². The van der Waals surface area contributed by atoms with Gasteiger partial charge in [-0.3, -0.25) is 24.4 Å². The molecule has 35 heavy (non-hydrogen) atoms. The van der Waals surface area contributed by atoms with Crippen molar-refractivity contribution in [2.75, 3.05) is 0 Å². The molecule has 0 unspecified atom stereocenters. The number of rotatable bonds is 6. The number of aryl methyl sites for hydroxylation is 2. The second-order valence-electron chi connectivity index (χ2n) is 9.48. The fourth-order valence-electron chi connectivity index (χ4n) is 5.33. The maximum Gasteiger partial charge on any atom is 0.327 e. The molecule has 0 spiro atoms. The molecule has 1 aliphatic heterocycles. The van der Waals surface area contributed by atoms with E-state index in [4.69, 9.17) is 0 Å². The number of carbonyl (C=O) groups is 2. The zero-order chi connectivity index (χ0) is 24.5. The van der Waals surface area contributed by atoms with Gasteiger partial charge in [0.25, 0.3) is 17.2 Å². The summed E-state index contributed by atoms with van der Waals surface area (Å²) in [6.45, 7) is 3.97. The highest BCUT2D eigenvalue weighted by Gasteiger charge is 2.49. The van der Waals surface area contributed by atoms with Gasteiger partial charge >= 0.3 is 5.91 Å². The van der Waals surface area contributed by atoms with E-state index in [1.807, 2.05) is 62.5 Å². The lowest BCUT2D eigenvalue weighted by Gasteiger charge is -2.29. The third-order valence-electron chi connectivity index (χ3n) is 6.97. The van der Waals surface area contributed by atoms with Crippen LogP contribution >= 0.6 is 0 Å². The van der Waals surface area contributed by atoms with Crippen molar-refractivity contribution >= 4 is 23.1 Å². The number of imide groups is 1. The standard InChI is InChI=1S/C28H30N4O3/c1-3-11-22-23(27(34)32(29-22)21-15-8-5-9-16-21)24-25(30-17-10-12-19(2)18-30)28(35)31(26(24)33)20-13-6-4-7-14-20/h5,8-10,12,15-18,20H,3-4,6-7,11,13-14H2,1-2H3/p+1. The average molecular weight is 472 g/mol. The molecule has 1 N–H and O–H groups in total. The number of hydrogen-bond donors (Lipinski definition) is 1. The van der Waals surface area contributed by atoms with Crippen molar-refractivity contribution in [1.82, 2.24) is 14.7 Å². The number of pyridine rings is 1. The van der Waals surface area contributed by atoms with E-state index >= 15 is 0 Å². The van der Waals surface area contributed by atoms with Gasteiger partial charge in [-0.15, -0.1) is 0 Å². The summed E-state index contributed by atoms with van der Waals surface area (Å²) in [5.41, 5.74) is 2.78. The molecule has 7 heteroatoms. The number of nitrogens with one attached hydrogen (secondary N) is 1. The van der Waals surface area contributed by atoms with Gasteiger partial charge in [0.05, 0.1) is 11.3 Å². The van der Waals surface area contributed by atoms with Crippen molar-refractivity contribution in [1.29, 1.82) is 0 Å². The van der Waals surface area contributed by atoms with Gasteiger partial charge in [0.2, 0.25) is 0 Å². The Bertz CT molecular complexity index is 1360. The van der Waals surface area contributed by atoms with E-state index in [1.165, 1.54) is 9.58 Å². The number of benzene rings is 1. The molecule has 0 saturated heterocycles. The van der Waals surface area contributed by atoms with Crippen molar-refractivity contribution < 1.29 is 14.2 Å². The van der Waals surface area contributed by atoms with Gasteiger partial charge in [-0.25, -0.2) is 4.68 Å². The van der Waals surface area contributed by atoms with Crippen LogP contribution in [0.2, 0.25) is 0 Å². The van der Waals surface area contributed by atoms with Crippen molar-refractivity contribution in [2.45, 2.75) is 64.8 Å². The molecule has 0 radical (unpaired) electrons. The molecular formula is C28H31N4O3+. The van der Waals surface area contributed by atoms with Crippen molar-refractivity contribution in [3.8, 4) is 5.69 Å². The second-order valence-corrected chi connectivity index (χ2v) is 9.48. The zero-order valence-electron chi connectivity index (χ0n) is 20.3. The molecule has 2 aliphatic rings. The summed E-state index contributed by atoms with van der Waals surface area (Å²) in [6, 6.07) is 13.0. The van der Waals surface area contributed by atoms with E-state index in [0.29, 0.717) is 23.4 Å². The van der Waals surface area contributed by atoms with Gasteiger partial charge in [0.1, 0.15) is 5.57 Å². The molecule has 180 valence electrons. The third-order valence-corrected chi connectivity index (χ3v) is 6.97. The smallest absolute Gasteiger partial charge is 0.294 e. The number of nitrogens with zero attached hydrogens (tertiary/aromatic N) is 3. The molecule has 3 heterocycles. The Morgan fingerprint density at radius 3 is 2.40 bits per heavy atom. The largest absolute Gasteiger partial charge is 0.327 e. The Morgan fingerprint density at radius 1 is 0.971 bits per heavy atom. The lowest BCUT2D eigenvalue weighted by Crippen LogP contribution is -2.45. The van der Waals surface area contributed by atoms with Gasteiger partial charge < -0.3 is 0 Å². The fourth-order valence-corrected chi connectivity index (χ4v) is 5.33. The Kier molecular flexibility index (Phi) is 6.24. The molecular weight excluding hydrogens is 440 g/mol. The van der Waals surface area contributed by atoms with Gasteiger partial charge in [0.15, 0.2) is 12.4 Å². The van der Waals surface area contributed by atoms with Crippen LogP contribution < -0.4 is 10.1 Å². The number of carbonyl (C=O) groups excluding carboxylic acids is 2. The molecule has 7 nitrogen and oxygen atoms in total. The van der Waals surface area contributed by atoms with Crippen molar-refractivity contribution in [2.24, 2.45) is 0 Å². The molecule has 1 saturated carbocycles. The lowest BCUT2D eigenvalue weighted by molar-refractivity contribution is -0.577. The molecule has 0 atom stereocenters. The topological polar surface area (TPSA) is 79.1 Å². The fraction of sp³-hybridized carbons (Fsp3) is 0.357. The first kappa shape index (κ1) is 23.0. The van der Waals surface area contributed by atoms with Gasteiger partial charge in [-0.1, -0.05) is 50.8 Å². The minimum absolute atomic E-state index is 0.133. The van der Waals surface area contributed by atoms with Crippen LogP contribution in [-0.4, -0.2) is 32.5 Å². The SMILES string of the molecule is CCCc1[nH]n(-c2ccccc2)c(=O)c1C1=C([n+]2cccc(C)c2)C(=O)N(C2CCCCC2)C1=O. The van der Waals surface area contributed by atoms with Crippen LogP contribution in [0.1, 0.15) is 62.3 Å². The Morgan fingerprint density at radius 2 is 1.71 bits per heavy atom. The maximum absolute atomic E-state index is 14.0. The third kappa shape index (κ3) is 4.05. The number of H-pyrrole nitrogens is 1. The molecule has 1 aromatic carbocycles. The van der Waals surface area contributed by atoms with Crippen molar-refractivity contribution in [3.63, 3.8) is 0 Å². The van der Waals surface area contributed by atoms with E-state index in [2.05, 4.69) is 5.10 Å². The number of para-hydroxylation sites is 1. The Balaban J connectivity index is 1.75. The number of amides is 2. The molecule has 2 amide bonds. The Labute approximate surface area is 204 Å². The summed E-state index contributed by atoms with van der Waals surface area (Å²) in [5.74, 6) is -0.679. The number of hydrogen-bond acceptors (Lipinski definition) is 3. The lowest BCUT2D eigenvalue weighted by atomic mass is 9.94. The van der Waals surface area contributed by atoms with Crippen LogP contribution in [0, 0.1) is 6.92 Å². The summed E-state index contributed by atoms with van der Waals surface area (Å²) in [7, 11) is 0. The highest BCUT2D eigenvalue weighted by molar-refractivity contribution is 6.44. The highest BCUT2D eigenvalue weighted by atomic mass is 16.2. The summed E-state index contributed by atoms with van der Waals surface area (Å²) >= 11 is 0. The molecule has 5 rings (SSSR count). The number of aromatic amines is 1. The first-order chi connectivity index (χ1) is 17.0. The van der Waals surface area contributed by atoms with E-state index in [0.717, 1.165) is 44.1 Å². The normalized spacial score (nSPS) is 17.0. The zero-order valence-corrected chi connectivity index (χ0v) is 20.3. The molecule has 0 bridgehead atoms. The molecule has 3 aromatic rings. The number of aromatic nitrogens is 3. The predicted octanol–water partition coefficient (Wildman–Crippen LogP) is 3.78.